The molecule has 1 aliphatic heterocycles. The van der Waals surface area contributed by atoms with E-state index in [4.69, 9.17) is 9.15 Å². The highest BCUT2D eigenvalue weighted by molar-refractivity contribution is 7.99. The molecule has 0 bridgehead atoms. The molecule has 0 radical (unpaired) electrons. The molecule has 1 aromatic carbocycles. The lowest BCUT2D eigenvalue weighted by Gasteiger charge is -2.21. The minimum Gasteiger partial charge on any atom is -0.497 e. The van der Waals surface area contributed by atoms with Gasteiger partial charge in [0.2, 0.25) is 5.89 Å². The molecule has 1 N–H and O–H groups in total. The molecule has 1 aliphatic rings. The summed E-state index contributed by atoms with van der Waals surface area (Å²) in [5.74, 6) is 4.04. The van der Waals surface area contributed by atoms with Crippen LogP contribution in [0, 0.1) is 0 Å². The van der Waals surface area contributed by atoms with Crippen LogP contribution in [0.4, 0.5) is 0 Å². The fraction of sp³-hybridized carbons (Fsp3) is 0.500. The summed E-state index contributed by atoms with van der Waals surface area (Å²) in [5.41, 5.74) is 1.67. The van der Waals surface area contributed by atoms with Crippen molar-refractivity contribution in [1.29, 1.82) is 0 Å². The van der Waals surface area contributed by atoms with E-state index >= 15 is 0 Å². The van der Waals surface area contributed by atoms with Crippen molar-refractivity contribution in [3.8, 4) is 5.75 Å². The lowest BCUT2D eigenvalue weighted by atomic mass is 10.2. The molecule has 2 heterocycles. The highest BCUT2D eigenvalue weighted by atomic mass is 32.2. The predicted octanol–water partition coefficient (Wildman–Crippen LogP) is 2.82. The summed E-state index contributed by atoms with van der Waals surface area (Å²) in [4.78, 5) is 4.49. The molecule has 5 heteroatoms. The van der Waals surface area contributed by atoms with Crippen LogP contribution < -0.4 is 10.1 Å². The van der Waals surface area contributed by atoms with Crippen molar-refractivity contribution in [3.63, 3.8) is 0 Å². The summed E-state index contributed by atoms with van der Waals surface area (Å²) in [6.45, 7) is 0.697. The van der Waals surface area contributed by atoms with Gasteiger partial charge in [-0.1, -0.05) is 0 Å². The second-order valence-corrected chi connectivity index (χ2v) is 5.89. The van der Waals surface area contributed by atoms with Crippen molar-refractivity contribution in [1.82, 2.24) is 10.3 Å². The van der Waals surface area contributed by atoms with Crippen LogP contribution >= 0.6 is 11.8 Å². The Morgan fingerprint density at radius 2 is 2.47 bits per heavy atom. The topological polar surface area (TPSA) is 47.3 Å². The van der Waals surface area contributed by atoms with Crippen LogP contribution in [0.25, 0.3) is 11.1 Å². The zero-order valence-electron chi connectivity index (χ0n) is 11.0. The van der Waals surface area contributed by atoms with E-state index in [0.717, 1.165) is 22.7 Å². The van der Waals surface area contributed by atoms with Crippen molar-refractivity contribution in [3.05, 3.63) is 24.1 Å². The van der Waals surface area contributed by atoms with Gasteiger partial charge in [0.1, 0.15) is 11.3 Å². The molecule has 102 valence electrons. The first-order valence-corrected chi connectivity index (χ1v) is 7.75. The Balaban J connectivity index is 1.67. The van der Waals surface area contributed by atoms with Gasteiger partial charge in [-0.05, 0) is 30.7 Å². The summed E-state index contributed by atoms with van der Waals surface area (Å²) >= 11 is 2.02. The van der Waals surface area contributed by atoms with Crippen molar-refractivity contribution in [2.24, 2.45) is 0 Å². The SMILES string of the molecule is COc1ccc2oc(CN[C@@H]3CCCSC3)nc2c1. The van der Waals surface area contributed by atoms with Crippen LogP contribution in [0.15, 0.2) is 22.6 Å². The monoisotopic (exact) mass is 278 g/mol. The lowest BCUT2D eigenvalue weighted by Crippen LogP contribution is -2.33. The van der Waals surface area contributed by atoms with Gasteiger partial charge in [-0.25, -0.2) is 4.98 Å². The molecule has 1 atom stereocenters. The van der Waals surface area contributed by atoms with Gasteiger partial charge in [0.05, 0.1) is 13.7 Å². The number of fused-ring (bicyclic) bond motifs is 1. The number of thioether (sulfide) groups is 1. The Morgan fingerprint density at radius 3 is 3.26 bits per heavy atom. The quantitative estimate of drug-likeness (QED) is 0.932. The average molecular weight is 278 g/mol. The molecule has 1 saturated heterocycles. The maximum absolute atomic E-state index is 5.72. The third kappa shape index (κ3) is 3.04. The van der Waals surface area contributed by atoms with E-state index in [1.54, 1.807) is 7.11 Å². The average Bonchev–Trinajstić information content (AvgIpc) is 2.88. The number of oxazole rings is 1. The summed E-state index contributed by atoms with van der Waals surface area (Å²) in [5, 5.41) is 3.52. The largest absolute Gasteiger partial charge is 0.497 e. The third-order valence-corrected chi connectivity index (χ3v) is 4.56. The first kappa shape index (κ1) is 12.8. The summed E-state index contributed by atoms with van der Waals surface area (Å²) in [6, 6.07) is 6.28. The van der Waals surface area contributed by atoms with Gasteiger partial charge in [0.15, 0.2) is 5.58 Å². The molecule has 0 saturated carbocycles. The normalized spacial score (nSPS) is 19.7. The molecule has 1 fully saturated rings. The predicted molar refractivity (Wildman–Crippen MR) is 77.7 cm³/mol. The van der Waals surface area contributed by atoms with Crippen molar-refractivity contribution >= 4 is 22.9 Å². The second-order valence-electron chi connectivity index (χ2n) is 4.74. The summed E-state index contributed by atoms with van der Waals surface area (Å²) in [7, 11) is 1.66. The number of rotatable bonds is 4. The molecule has 4 nitrogen and oxygen atoms in total. The van der Waals surface area contributed by atoms with Crippen LogP contribution in [0.2, 0.25) is 0 Å². The van der Waals surface area contributed by atoms with Gasteiger partial charge >= 0.3 is 0 Å². The lowest BCUT2D eigenvalue weighted by molar-refractivity contribution is 0.415. The Kier molecular flexibility index (Phi) is 3.94. The highest BCUT2D eigenvalue weighted by Gasteiger charge is 2.14. The molecule has 2 aromatic rings. The van der Waals surface area contributed by atoms with Gasteiger partial charge in [0.25, 0.3) is 0 Å². The first-order valence-electron chi connectivity index (χ1n) is 6.60. The maximum Gasteiger partial charge on any atom is 0.209 e. The molecule has 0 aliphatic carbocycles. The number of methoxy groups -OCH3 is 1. The van der Waals surface area contributed by atoms with Crippen LogP contribution in [0.1, 0.15) is 18.7 Å². The van der Waals surface area contributed by atoms with E-state index in [0.29, 0.717) is 12.6 Å². The number of aromatic nitrogens is 1. The van der Waals surface area contributed by atoms with E-state index in [1.807, 2.05) is 30.0 Å². The fourth-order valence-corrected chi connectivity index (χ4v) is 3.40. The molecule has 19 heavy (non-hydrogen) atoms. The van der Waals surface area contributed by atoms with Gasteiger partial charge in [-0.15, -0.1) is 0 Å². The Labute approximate surface area is 116 Å². The van der Waals surface area contributed by atoms with E-state index in [-0.39, 0.29) is 0 Å². The van der Waals surface area contributed by atoms with Crippen molar-refractivity contribution in [2.75, 3.05) is 18.6 Å². The number of hydrogen-bond donors (Lipinski definition) is 1. The zero-order chi connectivity index (χ0) is 13.1. The van der Waals surface area contributed by atoms with Crippen LogP contribution in [0.5, 0.6) is 5.75 Å². The Bertz CT molecular complexity index is 549. The minimum absolute atomic E-state index is 0.586. The van der Waals surface area contributed by atoms with Crippen LogP contribution in [-0.2, 0) is 6.54 Å². The molecule has 0 unspecified atom stereocenters. The fourth-order valence-electron chi connectivity index (χ4n) is 2.29. The number of nitrogens with one attached hydrogen (secondary N) is 1. The first-order chi connectivity index (χ1) is 9.35. The molecule has 1 aromatic heterocycles. The minimum atomic E-state index is 0.586. The van der Waals surface area contributed by atoms with Crippen LogP contribution in [-0.4, -0.2) is 29.6 Å². The Hall–Kier alpha value is -1.20. The van der Waals surface area contributed by atoms with Gasteiger partial charge in [0, 0.05) is 17.9 Å². The van der Waals surface area contributed by atoms with Crippen molar-refractivity contribution in [2.45, 2.75) is 25.4 Å². The standard InChI is InChI=1S/C14H18N2O2S/c1-17-11-4-5-13-12(7-11)16-14(18-13)8-15-10-3-2-6-19-9-10/h4-5,7,10,15H,2-3,6,8-9H2,1H3/t10-/m1/s1. The second kappa shape index (κ2) is 5.84. The van der Waals surface area contributed by atoms with E-state index in [9.17, 15) is 0 Å². The molecule has 3 rings (SSSR count). The highest BCUT2D eigenvalue weighted by Crippen LogP contribution is 2.22. The number of benzene rings is 1. The zero-order valence-corrected chi connectivity index (χ0v) is 11.8. The van der Waals surface area contributed by atoms with Gasteiger partial charge in [-0.3, -0.25) is 0 Å². The molecular formula is C14H18N2O2S. The molecule has 0 amide bonds. The van der Waals surface area contributed by atoms with Crippen molar-refractivity contribution < 1.29 is 9.15 Å². The number of ether oxygens (including phenoxy) is 1. The van der Waals surface area contributed by atoms with Crippen LogP contribution in [0.3, 0.4) is 0 Å². The smallest absolute Gasteiger partial charge is 0.209 e. The third-order valence-electron chi connectivity index (χ3n) is 3.34. The van der Waals surface area contributed by atoms with Gasteiger partial charge in [-0.2, -0.15) is 11.8 Å². The summed E-state index contributed by atoms with van der Waals surface area (Å²) in [6.07, 6.45) is 2.55. The van der Waals surface area contributed by atoms with Gasteiger partial charge < -0.3 is 14.5 Å². The Morgan fingerprint density at radius 1 is 1.53 bits per heavy atom. The van der Waals surface area contributed by atoms with E-state index in [2.05, 4.69) is 10.3 Å². The molecular weight excluding hydrogens is 260 g/mol. The van der Waals surface area contributed by atoms with E-state index in [1.165, 1.54) is 24.3 Å². The van der Waals surface area contributed by atoms with E-state index < -0.39 is 0 Å². The maximum atomic E-state index is 5.72. The molecule has 0 spiro atoms. The number of hydrogen-bond acceptors (Lipinski definition) is 5. The summed E-state index contributed by atoms with van der Waals surface area (Å²) < 4.78 is 10.9. The number of nitrogens with zero attached hydrogens (tertiary/aromatic N) is 1.